The van der Waals surface area contributed by atoms with Crippen molar-refractivity contribution in [2.24, 2.45) is 0 Å². The minimum absolute atomic E-state index is 0.0915. The number of carbonyl (C=O) groups is 1. The number of furan rings is 1. The molecule has 3 aromatic rings. The second kappa shape index (κ2) is 6.05. The number of aromatic nitrogens is 1. The van der Waals surface area contributed by atoms with Crippen LogP contribution in [0.15, 0.2) is 56.7 Å². The van der Waals surface area contributed by atoms with Gasteiger partial charge in [-0.1, -0.05) is 23.9 Å². The van der Waals surface area contributed by atoms with E-state index in [-0.39, 0.29) is 17.7 Å². The van der Waals surface area contributed by atoms with Gasteiger partial charge in [0.2, 0.25) is 5.91 Å². The number of thioether (sulfide) groups is 1. The number of oxazole rings is 1. The van der Waals surface area contributed by atoms with E-state index in [2.05, 4.69) is 10.3 Å². The van der Waals surface area contributed by atoms with Crippen LogP contribution in [0.25, 0.3) is 11.1 Å². The van der Waals surface area contributed by atoms with Gasteiger partial charge in [0.25, 0.3) is 5.22 Å². The molecule has 1 N–H and O–H groups in total. The van der Waals surface area contributed by atoms with Crippen molar-refractivity contribution in [2.45, 2.75) is 18.2 Å². The summed E-state index contributed by atoms with van der Waals surface area (Å²) in [4.78, 5) is 16.2. The lowest BCUT2D eigenvalue weighted by Gasteiger charge is -2.10. The van der Waals surface area contributed by atoms with Crippen LogP contribution in [0, 0.1) is 0 Å². The Labute approximate surface area is 125 Å². The molecule has 6 heteroatoms. The molecule has 3 rings (SSSR count). The van der Waals surface area contributed by atoms with Crippen molar-refractivity contribution < 1.29 is 13.6 Å². The van der Waals surface area contributed by atoms with Gasteiger partial charge in [-0.25, -0.2) is 4.98 Å². The van der Waals surface area contributed by atoms with Gasteiger partial charge in [-0.3, -0.25) is 4.79 Å². The van der Waals surface area contributed by atoms with Crippen LogP contribution in [-0.2, 0) is 4.79 Å². The highest BCUT2D eigenvalue weighted by molar-refractivity contribution is 7.99. The van der Waals surface area contributed by atoms with Gasteiger partial charge in [-0.15, -0.1) is 0 Å². The summed E-state index contributed by atoms with van der Waals surface area (Å²) in [5.41, 5.74) is 1.52. The second-order valence-electron chi connectivity index (χ2n) is 4.54. The first-order chi connectivity index (χ1) is 10.2. The normalized spacial score (nSPS) is 12.4. The number of nitrogens with zero attached hydrogens (tertiary/aromatic N) is 1. The zero-order chi connectivity index (χ0) is 14.7. The van der Waals surface area contributed by atoms with Crippen molar-refractivity contribution in [2.75, 3.05) is 5.75 Å². The van der Waals surface area contributed by atoms with Gasteiger partial charge >= 0.3 is 0 Å². The molecule has 5 nitrogen and oxygen atoms in total. The molecule has 0 spiro atoms. The standard InChI is InChI=1S/C15H14N2O3S/c1-10(12-7-4-8-19-12)16-14(18)9-21-15-17-11-5-2-3-6-13(11)20-15/h2-8,10H,9H2,1H3,(H,16,18)/t10-/m0/s1. The summed E-state index contributed by atoms with van der Waals surface area (Å²) in [5, 5.41) is 3.36. The van der Waals surface area contributed by atoms with Crippen molar-refractivity contribution in [1.82, 2.24) is 10.3 Å². The molecular formula is C15H14N2O3S. The Morgan fingerprint density at radius 3 is 2.95 bits per heavy atom. The molecule has 21 heavy (non-hydrogen) atoms. The number of nitrogens with one attached hydrogen (secondary N) is 1. The first kappa shape index (κ1) is 13.8. The molecule has 0 radical (unpaired) electrons. The Balaban J connectivity index is 1.56. The lowest BCUT2D eigenvalue weighted by atomic mass is 10.2. The van der Waals surface area contributed by atoms with Crippen LogP contribution in [0.3, 0.4) is 0 Å². The van der Waals surface area contributed by atoms with Crippen LogP contribution in [0.1, 0.15) is 18.7 Å². The highest BCUT2D eigenvalue weighted by Crippen LogP contribution is 2.23. The maximum atomic E-state index is 11.9. The van der Waals surface area contributed by atoms with Crippen molar-refractivity contribution in [3.05, 3.63) is 48.4 Å². The Morgan fingerprint density at radius 2 is 2.19 bits per heavy atom. The van der Waals surface area contributed by atoms with Crippen molar-refractivity contribution in [3.63, 3.8) is 0 Å². The highest BCUT2D eigenvalue weighted by Gasteiger charge is 2.13. The zero-order valence-electron chi connectivity index (χ0n) is 11.4. The zero-order valence-corrected chi connectivity index (χ0v) is 12.2. The van der Waals surface area contributed by atoms with E-state index in [0.717, 1.165) is 16.9 Å². The number of fused-ring (bicyclic) bond motifs is 1. The van der Waals surface area contributed by atoms with E-state index >= 15 is 0 Å². The maximum Gasteiger partial charge on any atom is 0.257 e. The molecule has 1 atom stereocenters. The van der Waals surface area contributed by atoms with Gasteiger partial charge < -0.3 is 14.2 Å². The fraction of sp³-hybridized carbons (Fsp3) is 0.200. The molecular weight excluding hydrogens is 288 g/mol. The number of amides is 1. The first-order valence-corrected chi connectivity index (χ1v) is 7.52. The number of carbonyl (C=O) groups excluding carboxylic acids is 1. The summed E-state index contributed by atoms with van der Waals surface area (Å²) in [7, 11) is 0. The molecule has 108 valence electrons. The molecule has 0 bridgehead atoms. The van der Waals surface area contributed by atoms with Gasteiger partial charge in [0.15, 0.2) is 5.58 Å². The quantitative estimate of drug-likeness (QED) is 0.732. The Bertz CT molecular complexity index is 703. The van der Waals surface area contributed by atoms with Crippen molar-refractivity contribution in [1.29, 1.82) is 0 Å². The maximum absolute atomic E-state index is 11.9. The number of benzene rings is 1. The Kier molecular flexibility index (Phi) is 3.96. The predicted molar refractivity (Wildman–Crippen MR) is 80.0 cm³/mol. The summed E-state index contributed by atoms with van der Waals surface area (Å²) >= 11 is 1.27. The molecule has 2 heterocycles. The van der Waals surface area contributed by atoms with E-state index in [4.69, 9.17) is 8.83 Å². The van der Waals surface area contributed by atoms with Crippen LogP contribution in [-0.4, -0.2) is 16.6 Å². The molecule has 0 saturated carbocycles. The van der Waals surface area contributed by atoms with Crippen molar-refractivity contribution >= 4 is 28.8 Å². The average molecular weight is 302 g/mol. The summed E-state index contributed by atoms with van der Waals surface area (Å²) in [6.45, 7) is 1.88. The molecule has 0 aliphatic heterocycles. The third kappa shape index (κ3) is 3.28. The van der Waals surface area contributed by atoms with Gasteiger partial charge in [0.1, 0.15) is 11.3 Å². The van der Waals surface area contributed by atoms with E-state index in [1.165, 1.54) is 11.8 Å². The predicted octanol–water partition coefficient (Wildman–Crippen LogP) is 3.39. The summed E-state index contributed by atoms with van der Waals surface area (Å²) in [6, 6.07) is 11.0. The van der Waals surface area contributed by atoms with Crippen LogP contribution < -0.4 is 5.32 Å². The molecule has 0 aliphatic rings. The van der Waals surface area contributed by atoms with Gasteiger partial charge in [0.05, 0.1) is 18.1 Å². The monoisotopic (exact) mass is 302 g/mol. The SMILES string of the molecule is C[C@H](NC(=O)CSc1nc2ccccc2o1)c1ccco1. The van der Waals surface area contributed by atoms with Crippen LogP contribution in [0.2, 0.25) is 0 Å². The number of rotatable bonds is 5. The fourth-order valence-corrected chi connectivity index (χ4v) is 2.58. The van der Waals surface area contributed by atoms with Gasteiger partial charge in [-0.05, 0) is 31.2 Å². The van der Waals surface area contributed by atoms with Gasteiger partial charge in [0, 0.05) is 0 Å². The largest absolute Gasteiger partial charge is 0.467 e. The average Bonchev–Trinajstić information content (AvgIpc) is 3.14. The Hall–Kier alpha value is -2.21. The molecule has 2 aromatic heterocycles. The molecule has 1 amide bonds. The molecule has 0 fully saturated rings. The topological polar surface area (TPSA) is 68.3 Å². The van der Waals surface area contributed by atoms with Crippen LogP contribution in [0.4, 0.5) is 0 Å². The van der Waals surface area contributed by atoms with E-state index < -0.39 is 0 Å². The van der Waals surface area contributed by atoms with Crippen LogP contribution in [0.5, 0.6) is 0 Å². The summed E-state index contributed by atoms with van der Waals surface area (Å²) < 4.78 is 10.8. The minimum atomic E-state index is -0.156. The van der Waals surface area contributed by atoms with Crippen LogP contribution >= 0.6 is 11.8 Å². The lowest BCUT2D eigenvalue weighted by Crippen LogP contribution is -2.27. The van der Waals surface area contributed by atoms with E-state index in [1.807, 2.05) is 37.3 Å². The van der Waals surface area contributed by atoms with E-state index in [0.29, 0.717) is 5.22 Å². The minimum Gasteiger partial charge on any atom is -0.467 e. The first-order valence-electron chi connectivity index (χ1n) is 6.53. The number of hydrogen-bond donors (Lipinski definition) is 1. The molecule has 0 unspecified atom stereocenters. The molecule has 1 aromatic carbocycles. The molecule has 0 aliphatic carbocycles. The summed E-state index contributed by atoms with van der Waals surface area (Å²) in [5.74, 6) is 0.888. The van der Waals surface area contributed by atoms with Gasteiger partial charge in [-0.2, -0.15) is 0 Å². The highest BCUT2D eigenvalue weighted by atomic mass is 32.2. The molecule has 0 saturated heterocycles. The third-order valence-electron chi connectivity index (χ3n) is 2.95. The lowest BCUT2D eigenvalue weighted by molar-refractivity contribution is -0.119. The van der Waals surface area contributed by atoms with E-state index in [9.17, 15) is 4.79 Å². The number of para-hydroxylation sites is 2. The van der Waals surface area contributed by atoms with Crippen molar-refractivity contribution in [3.8, 4) is 0 Å². The fourth-order valence-electron chi connectivity index (χ4n) is 1.93. The van der Waals surface area contributed by atoms with E-state index in [1.54, 1.807) is 12.3 Å². The Morgan fingerprint density at radius 1 is 1.33 bits per heavy atom. The second-order valence-corrected chi connectivity index (χ2v) is 5.47. The smallest absolute Gasteiger partial charge is 0.257 e. The summed E-state index contributed by atoms with van der Waals surface area (Å²) in [6.07, 6.45) is 1.59. The number of hydrogen-bond acceptors (Lipinski definition) is 5. The third-order valence-corrected chi connectivity index (χ3v) is 3.78.